The Hall–Kier alpha value is -0.960. The predicted octanol–water partition coefficient (Wildman–Crippen LogP) is 1.22. The van der Waals surface area contributed by atoms with Crippen molar-refractivity contribution in [2.45, 2.75) is 6.54 Å². The minimum Gasteiger partial charge on any atom is -0.326 e. The molecule has 1 radical (unpaired) electrons. The van der Waals surface area contributed by atoms with E-state index in [0.717, 1.165) is 12.1 Å². The molecule has 0 saturated carbocycles. The molecule has 0 bridgehead atoms. The van der Waals surface area contributed by atoms with Crippen LogP contribution in [0.5, 0.6) is 0 Å². The molecule has 10 heavy (non-hydrogen) atoms. The van der Waals surface area contributed by atoms with Crippen LogP contribution in [0.4, 0.5) is 8.78 Å². The fourth-order valence-corrected chi connectivity index (χ4v) is 0.671. The Bertz CT molecular complexity index is 215. The minimum atomic E-state index is -0.708. The molecule has 0 unspecified atom stereocenters. The van der Waals surface area contributed by atoms with E-state index in [1.165, 1.54) is 0 Å². The average molecular weight is 142 g/mol. The Kier molecular flexibility index (Phi) is 1.97. The van der Waals surface area contributed by atoms with Gasteiger partial charge in [0.05, 0.1) is 6.07 Å². The number of hydrogen-bond donors (Lipinski definition) is 1. The number of halogens is 2. The molecule has 53 valence electrons. The molecule has 0 saturated heterocycles. The lowest BCUT2D eigenvalue weighted by molar-refractivity contribution is 0.576. The van der Waals surface area contributed by atoms with Crippen molar-refractivity contribution in [2.24, 2.45) is 5.73 Å². The second-order valence-corrected chi connectivity index (χ2v) is 1.89. The molecule has 0 aliphatic carbocycles. The third-order valence-electron chi connectivity index (χ3n) is 1.10. The Morgan fingerprint density at radius 2 is 1.80 bits per heavy atom. The summed E-state index contributed by atoms with van der Waals surface area (Å²) in [7, 11) is 0. The van der Waals surface area contributed by atoms with Crippen molar-refractivity contribution in [1.29, 1.82) is 0 Å². The van der Waals surface area contributed by atoms with E-state index in [1.54, 1.807) is 0 Å². The van der Waals surface area contributed by atoms with Gasteiger partial charge < -0.3 is 5.73 Å². The summed E-state index contributed by atoms with van der Waals surface area (Å²) in [5.74, 6) is -1.42. The fourth-order valence-electron chi connectivity index (χ4n) is 0.671. The first kappa shape index (κ1) is 7.15. The minimum absolute atomic E-state index is 0.141. The van der Waals surface area contributed by atoms with Crippen LogP contribution in [-0.2, 0) is 6.54 Å². The van der Waals surface area contributed by atoms with Crippen LogP contribution in [0, 0.1) is 17.7 Å². The Balaban J connectivity index is 3.06. The predicted molar refractivity (Wildman–Crippen MR) is 33.1 cm³/mol. The largest absolute Gasteiger partial charge is 0.326 e. The molecule has 3 heteroatoms. The van der Waals surface area contributed by atoms with Gasteiger partial charge in [0, 0.05) is 6.54 Å². The van der Waals surface area contributed by atoms with Crippen LogP contribution >= 0.6 is 0 Å². The molecular formula is C7H6F2N. The van der Waals surface area contributed by atoms with E-state index in [2.05, 4.69) is 0 Å². The zero-order valence-corrected chi connectivity index (χ0v) is 5.20. The molecule has 0 aromatic heterocycles. The molecule has 0 amide bonds. The van der Waals surface area contributed by atoms with E-state index in [0.29, 0.717) is 5.56 Å². The molecular weight excluding hydrogens is 136 g/mol. The van der Waals surface area contributed by atoms with Crippen molar-refractivity contribution in [3.05, 3.63) is 35.4 Å². The summed E-state index contributed by atoms with van der Waals surface area (Å²) in [5, 5.41) is 0. The second kappa shape index (κ2) is 2.75. The van der Waals surface area contributed by atoms with Crippen LogP contribution in [0.3, 0.4) is 0 Å². The quantitative estimate of drug-likeness (QED) is 0.626. The summed E-state index contributed by atoms with van der Waals surface area (Å²) in [6.45, 7) is 0.141. The van der Waals surface area contributed by atoms with Gasteiger partial charge in [0.1, 0.15) is 11.6 Å². The average Bonchev–Trinajstić information content (AvgIpc) is 1.85. The van der Waals surface area contributed by atoms with Crippen LogP contribution in [0.25, 0.3) is 0 Å². The van der Waals surface area contributed by atoms with Gasteiger partial charge in [-0.15, -0.1) is 0 Å². The molecule has 0 aliphatic rings. The summed E-state index contributed by atoms with van der Waals surface area (Å²) in [4.78, 5) is 0. The van der Waals surface area contributed by atoms with Gasteiger partial charge in [0.15, 0.2) is 0 Å². The standard InChI is InChI=1S/C7H6F2N/c8-6-1-5(4-10)2-7(9)3-6/h1-2H,4,10H2. The highest BCUT2D eigenvalue weighted by Gasteiger charge is 1.97. The molecule has 0 spiro atoms. The Morgan fingerprint density at radius 3 is 2.20 bits per heavy atom. The fraction of sp³-hybridized carbons (Fsp3) is 0.143. The molecule has 2 N–H and O–H groups in total. The highest BCUT2D eigenvalue weighted by Crippen LogP contribution is 2.05. The summed E-state index contributed by atoms with van der Waals surface area (Å²) < 4.78 is 24.5. The van der Waals surface area contributed by atoms with E-state index in [1.807, 2.05) is 6.07 Å². The number of nitrogens with two attached hydrogens (primary N) is 1. The van der Waals surface area contributed by atoms with E-state index in [9.17, 15) is 8.78 Å². The lowest BCUT2D eigenvalue weighted by Crippen LogP contribution is -1.97. The Morgan fingerprint density at radius 1 is 1.30 bits per heavy atom. The normalized spacial score (nSPS) is 9.90. The lowest BCUT2D eigenvalue weighted by Gasteiger charge is -1.95. The van der Waals surface area contributed by atoms with Crippen LogP contribution in [-0.4, -0.2) is 0 Å². The maximum Gasteiger partial charge on any atom is 0.134 e. The third kappa shape index (κ3) is 1.51. The first-order valence-electron chi connectivity index (χ1n) is 2.79. The molecule has 0 aliphatic heterocycles. The highest BCUT2D eigenvalue weighted by molar-refractivity contribution is 5.16. The van der Waals surface area contributed by atoms with Gasteiger partial charge in [-0.3, -0.25) is 0 Å². The van der Waals surface area contributed by atoms with Crippen molar-refractivity contribution < 1.29 is 8.78 Å². The number of rotatable bonds is 1. The van der Waals surface area contributed by atoms with Crippen molar-refractivity contribution in [3.63, 3.8) is 0 Å². The summed E-state index contributed by atoms with van der Waals surface area (Å²) in [6, 6.07) is 4.17. The highest BCUT2D eigenvalue weighted by atomic mass is 19.1. The van der Waals surface area contributed by atoms with Crippen LogP contribution in [0.15, 0.2) is 12.1 Å². The van der Waals surface area contributed by atoms with E-state index in [4.69, 9.17) is 5.73 Å². The molecule has 0 fully saturated rings. The maximum absolute atomic E-state index is 12.3. The van der Waals surface area contributed by atoms with E-state index in [-0.39, 0.29) is 6.54 Å². The zero-order valence-electron chi connectivity index (χ0n) is 5.20. The number of benzene rings is 1. The van der Waals surface area contributed by atoms with Gasteiger partial charge in [0.2, 0.25) is 0 Å². The van der Waals surface area contributed by atoms with Gasteiger partial charge in [-0.25, -0.2) is 8.78 Å². The summed E-state index contributed by atoms with van der Waals surface area (Å²) >= 11 is 0. The first-order valence-corrected chi connectivity index (χ1v) is 2.79. The van der Waals surface area contributed by atoms with Gasteiger partial charge in [-0.2, -0.15) is 0 Å². The van der Waals surface area contributed by atoms with Gasteiger partial charge >= 0.3 is 0 Å². The second-order valence-electron chi connectivity index (χ2n) is 1.89. The van der Waals surface area contributed by atoms with Crippen molar-refractivity contribution in [3.8, 4) is 0 Å². The monoisotopic (exact) mass is 142 g/mol. The summed E-state index contributed by atoms with van der Waals surface area (Å²) in [6.07, 6.45) is 0. The molecule has 0 atom stereocenters. The summed E-state index contributed by atoms with van der Waals surface area (Å²) in [5.41, 5.74) is 5.58. The number of hydrogen-bond acceptors (Lipinski definition) is 1. The van der Waals surface area contributed by atoms with E-state index < -0.39 is 11.6 Å². The smallest absolute Gasteiger partial charge is 0.134 e. The molecule has 1 rings (SSSR count). The third-order valence-corrected chi connectivity index (χ3v) is 1.10. The SMILES string of the molecule is NCc1cc(F)[c]c(F)c1. The molecule has 0 heterocycles. The first-order chi connectivity index (χ1) is 4.72. The van der Waals surface area contributed by atoms with Crippen molar-refractivity contribution >= 4 is 0 Å². The van der Waals surface area contributed by atoms with Gasteiger partial charge in [-0.05, 0) is 17.7 Å². The molecule has 1 aromatic rings. The lowest BCUT2D eigenvalue weighted by atomic mass is 10.2. The maximum atomic E-state index is 12.3. The van der Waals surface area contributed by atoms with Crippen LogP contribution < -0.4 is 5.73 Å². The van der Waals surface area contributed by atoms with Crippen molar-refractivity contribution in [1.82, 2.24) is 0 Å². The van der Waals surface area contributed by atoms with Crippen LogP contribution in [0.1, 0.15) is 5.56 Å². The Labute approximate surface area is 57.5 Å². The topological polar surface area (TPSA) is 26.0 Å². The molecule has 1 nitrogen and oxygen atoms in total. The van der Waals surface area contributed by atoms with Gasteiger partial charge in [-0.1, -0.05) is 0 Å². The van der Waals surface area contributed by atoms with Crippen molar-refractivity contribution in [2.75, 3.05) is 0 Å². The zero-order chi connectivity index (χ0) is 7.56. The van der Waals surface area contributed by atoms with E-state index >= 15 is 0 Å². The van der Waals surface area contributed by atoms with Gasteiger partial charge in [0.25, 0.3) is 0 Å². The van der Waals surface area contributed by atoms with Crippen LogP contribution in [0.2, 0.25) is 0 Å². The molecule has 1 aromatic carbocycles.